The Labute approximate surface area is 201 Å². The highest BCUT2D eigenvalue weighted by atomic mass is 16.4. The predicted molar refractivity (Wildman–Crippen MR) is 130 cm³/mol. The lowest BCUT2D eigenvalue weighted by atomic mass is 9.87. The van der Waals surface area contributed by atoms with Crippen molar-refractivity contribution in [1.29, 1.82) is 0 Å². The van der Waals surface area contributed by atoms with E-state index < -0.39 is 24.1 Å². The van der Waals surface area contributed by atoms with Crippen molar-refractivity contribution in [3.63, 3.8) is 0 Å². The number of phenolic OH excluding ortho intramolecular Hbond substituents is 1. The van der Waals surface area contributed by atoms with Gasteiger partial charge in [0.1, 0.15) is 5.75 Å². The van der Waals surface area contributed by atoms with Crippen molar-refractivity contribution in [3.05, 3.63) is 65.2 Å². The second kappa shape index (κ2) is 13.7. The van der Waals surface area contributed by atoms with E-state index in [-0.39, 0.29) is 5.92 Å². The molecule has 0 amide bonds. The molecule has 0 fully saturated rings. The van der Waals surface area contributed by atoms with Crippen LogP contribution in [0.3, 0.4) is 0 Å². The maximum atomic E-state index is 10.4. The van der Waals surface area contributed by atoms with Gasteiger partial charge in [0, 0.05) is 23.6 Å². The summed E-state index contributed by atoms with van der Waals surface area (Å²) in [6, 6.07) is 17.5. The van der Waals surface area contributed by atoms with Crippen LogP contribution < -0.4 is 0 Å². The molecule has 2 rings (SSSR count). The first-order chi connectivity index (χ1) is 15.9. The first-order valence-corrected chi connectivity index (χ1v) is 11.3. The number of benzene rings is 2. The lowest BCUT2D eigenvalue weighted by molar-refractivity contribution is -0.165. The van der Waals surface area contributed by atoms with Gasteiger partial charge in [-0.1, -0.05) is 48.0 Å². The number of aryl methyl sites for hydroxylation is 1. The van der Waals surface area contributed by atoms with Crippen LogP contribution in [0.25, 0.3) is 0 Å². The monoisotopic (exact) mass is 475 g/mol. The largest absolute Gasteiger partial charge is 0.508 e. The van der Waals surface area contributed by atoms with E-state index >= 15 is 0 Å². The third-order valence-corrected chi connectivity index (χ3v) is 5.57. The Bertz CT molecular complexity index is 889. The molecule has 0 spiro atoms. The average molecular weight is 476 g/mol. The molecule has 8 heteroatoms. The molecule has 0 saturated carbocycles. The standard InChI is InChI=1S/C22H31NO.C4H6O6/c1-16(2)23(17(3)4)14-13-20(19-9-7-6-8-10-19)21-15-18(5)11-12-22(21)24;5-1(3(7)8)2(6)4(9)10/h6-12,15-17,20,24H,13-14H2,1-5H3;1-2,5-6H,(H,7,8)(H,9,10)/t20-;1-,2-/m00/s1. The van der Waals surface area contributed by atoms with Gasteiger partial charge in [-0.3, -0.25) is 4.90 Å². The minimum Gasteiger partial charge on any atom is -0.508 e. The molecule has 0 radical (unpaired) electrons. The molecule has 0 aromatic heterocycles. The van der Waals surface area contributed by atoms with Crippen molar-refractivity contribution in [3.8, 4) is 5.75 Å². The van der Waals surface area contributed by atoms with Gasteiger partial charge in [0.2, 0.25) is 0 Å². The molecule has 0 saturated heterocycles. The number of aliphatic hydroxyl groups excluding tert-OH is 2. The fourth-order valence-corrected chi connectivity index (χ4v) is 3.80. The van der Waals surface area contributed by atoms with Crippen LogP contribution in [-0.4, -0.2) is 73.2 Å². The Hall–Kier alpha value is -2.94. The molecule has 0 aliphatic carbocycles. The van der Waals surface area contributed by atoms with Crippen LogP contribution in [0.2, 0.25) is 0 Å². The van der Waals surface area contributed by atoms with E-state index in [0.717, 1.165) is 18.5 Å². The summed E-state index contributed by atoms with van der Waals surface area (Å²) in [7, 11) is 0. The molecular formula is C26H37NO7. The summed E-state index contributed by atoms with van der Waals surface area (Å²) in [6.07, 6.45) is -3.54. The van der Waals surface area contributed by atoms with E-state index in [0.29, 0.717) is 17.8 Å². The SMILES string of the molecule is Cc1ccc(O)c([C@@H](CCN(C(C)C)C(C)C)c2ccccc2)c1.O=C(O)[C@@H](O)[C@H](O)C(=O)O. The molecule has 2 aromatic carbocycles. The van der Waals surface area contributed by atoms with Crippen molar-refractivity contribution < 1.29 is 35.1 Å². The number of carboxylic acid groups (broad SMARTS) is 2. The van der Waals surface area contributed by atoms with Crippen LogP contribution in [0.15, 0.2) is 48.5 Å². The number of aliphatic carboxylic acids is 2. The summed E-state index contributed by atoms with van der Waals surface area (Å²) in [5.74, 6) is -2.93. The number of carboxylic acids is 2. The van der Waals surface area contributed by atoms with Gasteiger partial charge in [0.25, 0.3) is 0 Å². The third-order valence-electron chi connectivity index (χ3n) is 5.57. The molecule has 5 N–H and O–H groups in total. The second-order valence-corrected chi connectivity index (χ2v) is 8.81. The summed E-state index contributed by atoms with van der Waals surface area (Å²) in [6.45, 7) is 12.1. The fourth-order valence-electron chi connectivity index (χ4n) is 3.80. The normalized spacial score (nSPS) is 13.8. The van der Waals surface area contributed by atoms with Gasteiger partial charge < -0.3 is 25.5 Å². The van der Waals surface area contributed by atoms with Crippen LogP contribution in [0.5, 0.6) is 5.75 Å². The van der Waals surface area contributed by atoms with Gasteiger partial charge in [0.15, 0.2) is 12.2 Å². The van der Waals surface area contributed by atoms with Gasteiger partial charge in [-0.2, -0.15) is 0 Å². The quantitative estimate of drug-likeness (QED) is 0.353. The van der Waals surface area contributed by atoms with Crippen LogP contribution in [0.1, 0.15) is 56.7 Å². The number of phenols is 1. The van der Waals surface area contributed by atoms with Crippen molar-refractivity contribution in [2.45, 2.75) is 71.2 Å². The maximum absolute atomic E-state index is 10.4. The molecule has 0 aliphatic heterocycles. The first kappa shape index (κ1) is 29.1. The highest BCUT2D eigenvalue weighted by molar-refractivity contribution is 5.83. The highest BCUT2D eigenvalue weighted by Crippen LogP contribution is 2.35. The minimum atomic E-state index is -2.27. The number of carbonyl (C=O) groups is 2. The second-order valence-electron chi connectivity index (χ2n) is 8.81. The van der Waals surface area contributed by atoms with Crippen LogP contribution in [0, 0.1) is 6.92 Å². The predicted octanol–water partition coefficient (Wildman–Crippen LogP) is 3.22. The van der Waals surface area contributed by atoms with E-state index in [2.05, 4.69) is 69.9 Å². The highest BCUT2D eigenvalue weighted by Gasteiger charge is 2.29. The van der Waals surface area contributed by atoms with E-state index in [9.17, 15) is 14.7 Å². The molecule has 3 atom stereocenters. The zero-order valence-electron chi connectivity index (χ0n) is 20.4. The third kappa shape index (κ3) is 8.78. The lowest BCUT2D eigenvalue weighted by Crippen LogP contribution is -2.39. The Balaban J connectivity index is 0.000000489. The first-order valence-electron chi connectivity index (χ1n) is 11.3. The topological polar surface area (TPSA) is 139 Å². The number of aromatic hydroxyl groups is 1. The smallest absolute Gasteiger partial charge is 0.335 e. The molecule has 2 aromatic rings. The molecule has 0 aliphatic rings. The fraction of sp³-hybridized carbons (Fsp3) is 0.462. The number of hydrogen-bond acceptors (Lipinski definition) is 6. The van der Waals surface area contributed by atoms with Crippen molar-refractivity contribution in [2.24, 2.45) is 0 Å². The Morgan fingerprint density at radius 3 is 1.79 bits per heavy atom. The van der Waals surface area contributed by atoms with Gasteiger partial charge >= 0.3 is 11.9 Å². The Kier molecular flexibility index (Phi) is 11.7. The number of aliphatic hydroxyl groups is 2. The summed E-state index contributed by atoms with van der Waals surface area (Å²) < 4.78 is 0. The lowest BCUT2D eigenvalue weighted by Gasteiger charge is -2.32. The van der Waals surface area contributed by atoms with Gasteiger partial charge in [-0.15, -0.1) is 0 Å². The summed E-state index contributed by atoms with van der Waals surface area (Å²) >= 11 is 0. The zero-order valence-corrected chi connectivity index (χ0v) is 20.4. The van der Waals surface area contributed by atoms with Crippen LogP contribution >= 0.6 is 0 Å². The molecule has 8 nitrogen and oxygen atoms in total. The Morgan fingerprint density at radius 1 is 0.853 bits per heavy atom. The van der Waals surface area contributed by atoms with Crippen LogP contribution in [0.4, 0.5) is 0 Å². The molecule has 34 heavy (non-hydrogen) atoms. The molecule has 0 bridgehead atoms. The van der Waals surface area contributed by atoms with Crippen molar-refractivity contribution in [2.75, 3.05) is 6.54 Å². The maximum Gasteiger partial charge on any atom is 0.335 e. The van der Waals surface area contributed by atoms with Gasteiger partial charge in [-0.05, 0) is 59.2 Å². The molecule has 0 heterocycles. The Morgan fingerprint density at radius 2 is 1.35 bits per heavy atom. The molecule has 188 valence electrons. The zero-order chi connectivity index (χ0) is 26.0. The van der Waals surface area contributed by atoms with E-state index in [1.54, 1.807) is 0 Å². The summed E-state index contributed by atoms with van der Waals surface area (Å²) in [4.78, 5) is 22.1. The van der Waals surface area contributed by atoms with Crippen molar-refractivity contribution in [1.82, 2.24) is 4.90 Å². The summed E-state index contributed by atoms with van der Waals surface area (Å²) in [5.41, 5.74) is 3.49. The minimum absolute atomic E-state index is 0.214. The van der Waals surface area contributed by atoms with E-state index in [1.165, 1.54) is 11.1 Å². The van der Waals surface area contributed by atoms with Gasteiger partial charge in [-0.25, -0.2) is 9.59 Å². The van der Waals surface area contributed by atoms with Gasteiger partial charge in [0.05, 0.1) is 0 Å². The van der Waals surface area contributed by atoms with E-state index in [1.807, 2.05) is 18.2 Å². The van der Waals surface area contributed by atoms with E-state index in [4.69, 9.17) is 20.4 Å². The van der Waals surface area contributed by atoms with Crippen molar-refractivity contribution >= 4 is 11.9 Å². The summed E-state index contributed by atoms with van der Waals surface area (Å²) in [5, 5.41) is 43.0. The number of nitrogens with zero attached hydrogens (tertiary/aromatic N) is 1. The number of rotatable bonds is 10. The average Bonchev–Trinajstić information content (AvgIpc) is 2.78. The number of hydrogen-bond donors (Lipinski definition) is 5. The van der Waals surface area contributed by atoms with Crippen LogP contribution in [-0.2, 0) is 9.59 Å². The molecule has 0 unspecified atom stereocenters. The molecular weight excluding hydrogens is 438 g/mol.